The zero-order valence-electron chi connectivity index (χ0n) is 10.1. The number of aryl methyl sites for hydroxylation is 1. The summed E-state index contributed by atoms with van der Waals surface area (Å²) in [5.41, 5.74) is 7.55. The van der Waals surface area contributed by atoms with Gasteiger partial charge in [0.15, 0.2) is 0 Å². The molecule has 0 heterocycles. The molecule has 3 heteroatoms. The van der Waals surface area contributed by atoms with Crippen molar-refractivity contribution in [1.29, 1.82) is 5.26 Å². The summed E-state index contributed by atoms with van der Waals surface area (Å²) in [6.07, 6.45) is 0.891. The smallest absolute Gasteiger partial charge is 0.0684 e. The second-order valence-electron chi connectivity index (χ2n) is 4.62. The number of thioether (sulfide) groups is 1. The standard InChI is InChI=1S/C13H18N2S/c1-10-4-5-11(15)8-12(10)16-7-6-13(2,3)9-14/h4-5,8H,6-7,15H2,1-3H3. The van der Waals surface area contributed by atoms with Crippen molar-refractivity contribution in [1.82, 2.24) is 0 Å². The molecule has 1 aromatic carbocycles. The molecule has 0 saturated carbocycles. The fraction of sp³-hybridized carbons (Fsp3) is 0.462. The van der Waals surface area contributed by atoms with Gasteiger partial charge >= 0.3 is 0 Å². The highest BCUT2D eigenvalue weighted by molar-refractivity contribution is 7.99. The molecule has 0 fully saturated rings. The van der Waals surface area contributed by atoms with E-state index in [1.807, 2.05) is 32.0 Å². The van der Waals surface area contributed by atoms with E-state index >= 15 is 0 Å². The third-order valence-electron chi connectivity index (χ3n) is 2.50. The van der Waals surface area contributed by atoms with Crippen LogP contribution in [0, 0.1) is 23.7 Å². The Labute approximate surface area is 102 Å². The van der Waals surface area contributed by atoms with Gasteiger partial charge < -0.3 is 5.73 Å². The van der Waals surface area contributed by atoms with E-state index in [1.54, 1.807) is 11.8 Å². The van der Waals surface area contributed by atoms with E-state index in [4.69, 9.17) is 11.0 Å². The quantitative estimate of drug-likeness (QED) is 0.639. The lowest BCUT2D eigenvalue weighted by molar-refractivity contribution is 0.482. The average Bonchev–Trinajstić information content (AvgIpc) is 2.23. The first kappa shape index (κ1) is 12.9. The van der Waals surface area contributed by atoms with Crippen LogP contribution in [0.2, 0.25) is 0 Å². The third-order valence-corrected chi connectivity index (χ3v) is 3.66. The van der Waals surface area contributed by atoms with Crippen molar-refractivity contribution in [3.8, 4) is 6.07 Å². The first-order chi connectivity index (χ1) is 7.44. The summed E-state index contributed by atoms with van der Waals surface area (Å²) >= 11 is 1.77. The minimum Gasteiger partial charge on any atom is -0.399 e. The number of hydrogen-bond acceptors (Lipinski definition) is 3. The van der Waals surface area contributed by atoms with Crippen LogP contribution in [0.1, 0.15) is 25.8 Å². The molecule has 2 nitrogen and oxygen atoms in total. The Bertz CT molecular complexity index is 405. The van der Waals surface area contributed by atoms with E-state index in [2.05, 4.69) is 13.0 Å². The Morgan fingerprint density at radius 2 is 2.12 bits per heavy atom. The van der Waals surface area contributed by atoms with Crippen molar-refractivity contribution in [3.05, 3.63) is 23.8 Å². The largest absolute Gasteiger partial charge is 0.399 e. The number of nitrogen functional groups attached to an aromatic ring is 1. The topological polar surface area (TPSA) is 49.8 Å². The Morgan fingerprint density at radius 1 is 1.44 bits per heavy atom. The van der Waals surface area contributed by atoms with Crippen molar-refractivity contribution >= 4 is 17.4 Å². The monoisotopic (exact) mass is 234 g/mol. The summed E-state index contributed by atoms with van der Waals surface area (Å²) in [6.45, 7) is 6.02. The number of rotatable bonds is 4. The molecule has 0 unspecified atom stereocenters. The molecule has 0 spiro atoms. The number of nitrogens with two attached hydrogens (primary N) is 1. The van der Waals surface area contributed by atoms with Gasteiger partial charge in [-0.05, 0) is 50.6 Å². The molecular weight excluding hydrogens is 216 g/mol. The Morgan fingerprint density at radius 3 is 2.75 bits per heavy atom. The van der Waals surface area contributed by atoms with Gasteiger partial charge in [0.1, 0.15) is 0 Å². The molecule has 1 rings (SSSR count). The van der Waals surface area contributed by atoms with E-state index in [9.17, 15) is 0 Å². The van der Waals surface area contributed by atoms with Crippen LogP contribution in [0.3, 0.4) is 0 Å². The van der Waals surface area contributed by atoms with Gasteiger partial charge in [-0.25, -0.2) is 0 Å². The zero-order chi connectivity index (χ0) is 12.2. The van der Waals surface area contributed by atoms with E-state index in [-0.39, 0.29) is 5.41 Å². The molecule has 0 atom stereocenters. The fourth-order valence-electron chi connectivity index (χ4n) is 1.24. The summed E-state index contributed by atoms with van der Waals surface area (Å²) in [5.74, 6) is 0.949. The summed E-state index contributed by atoms with van der Waals surface area (Å²) in [7, 11) is 0. The predicted molar refractivity (Wildman–Crippen MR) is 70.3 cm³/mol. The normalized spacial score (nSPS) is 11.1. The molecular formula is C13H18N2S. The van der Waals surface area contributed by atoms with Crippen molar-refractivity contribution in [2.24, 2.45) is 5.41 Å². The van der Waals surface area contributed by atoms with Gasteiger partial charge in [0.2, 0.25) is 0 Å². The maximum Gasteiger partial charge on any atom is 0.0684 e. The molecule has 0 aliphatic rings. The lowest BCUT2D eigenvalue weighted by Crippen LogP contribution is -2.08. The predicted octanol–water partition coefficient (Wildman–Crippen LogP) is 3.61. The second-order valence-corrected chi connectivity index (χ2v) is 5.76. The zero-order valence-corrected chi connectivity index (χ0v) is 10.9. The SMILES string of the molecule is Cc1ccc(N)cc1SCCC(C)(C)C#N. The van der Waals surface area contributed by atoms with Crippen molar-refractivity contribution < 1.29 is 0 Å². The van der Waals surface area contributed by atoms with E-state index in [0.29, 0.717) is 0 Å². The number of anilines is 1. The molecule has 0 amide bonds. The molecule has 86 valence electrons. The fourth-order valence-corrected chi connectivity index (χ4v) is 2.59. The van der Waals surface area contributed by atoms with Crippen LogP contribution in [0.5, 0.6) is 0 Å². The molecule has 0 aromatic heterocycles. The van der Waals surface area contributed by atoms with Crippen molar-refractivity contribution in [3.63, 3.8) is 0 Å². The number of benzene rings is 1. The van der Waals surface area contributed by atoms with E-state index < -0.39 is 0 Å². The number of hydrogen-bond donors (Lipinski definition) is 1. The van der Waals surface area contributed by atoms with E-state index in [1.165, 1.54) is 10.5 Å². The Hall–Kier alpha value is -1.14. The molecule has 16 heavy (non-hydrogen) atoms. The summed E-state index contributed by atoms with van der Waals surface area (Å²) in [6, 6.07) is 8.27. The Kier molecular flexibility index (Phi) is 4.26. The van der Waals surface area contributed by atoms with Gasteiger partial charge in [0, 0.05) is 10.6 Å². The molecule has 2 N–H and O–H groups in total. The highest BCUT2D eigenvalue weighted by Crippen LogP contribution is 2.29. The number of nitrogens with zero attached hydrogens (tertiary/aromatic N) is 1. The highest BCUT2D eigenvalue weighted by Gasteiger charge is 2.16. The van der Waals surface area contributed by atoms with Crippen molar-refractivity contribution in [2.75, 3.05) is 11.5 Å². The van der Waals surface area contributed by atoms with Crippen LogP contribution in [0.15, 0.2) is 23.1 Å². The van der Waals surface area contributed by atoms with Gasteiger partial charge in [-0.15, -0.1) is 11.8 Å². The second kappa shape index (κ2) is 5.27. The lowest BCUT2D eigenvalue weighted by atomic mass is 9.93. The molecule has 0 aliphatic carbocycles. The maximum absolute atomic E-state index is 8.91. The van der Waals surface area contributed by atoms with Crippen LogP contribution in [-0.2, 0) is 0 Å². The van der Waals surface area contributed by atoms with Crippen LogP contribution >= 0.6 is 11.8 Å². The maximum atomic E-state index is 8.91. The van der Waals surface area contributed by atoms with Crippen LogP contribution < -0.4 is 5.73 Å². The lowest BCUT2D eigenvalue weighted by Gasteiger charge is -2.14. The highest BCUT2D eigenvalue weighted by atomic mass is 32.2. The van der Waals surface area contributed by atoms with Gasteiger partial charge in [0.05, 0.1) is 11.5 Å². The van der Waals surface area contributed by atoms with Gasteiger partial charge in [0.25, 0.3) is 0 Å². The first-order valence-corrected chi connectivity index (χ1v) is 6.33. The molecule has 0 radical (unpaired) electrons. The van der Waals surface area contributed by atoms with Crippen LogP contribution in [0.4, 0.5) is 5.69 Å². The van der Waals surface area contributed by atoms with Gasteiger partial charge in [-0.1, -0.05) is 6.07 Å². The summed E-state index contributed by atoms with van der Waals surface area (Å²) < 4.78 is 0. The summed E-state index contributed by atoms with van der Waals surface area (Å²) in [4.78, 5) is 1.22. The van der Waals surface area contributed by atoms with Crippen LogP contribution in [-0.4, -0.2) is 5.75 Å². The minimum absolute atomic E-state index is 0.235. The first-order valence-electron chi connectivity index (χ1n) is 5.35. The van der Waals surface area contributed by atoms with E-state index in [0.717, 1.165) is 17.9 Å². The van der Waals surface area contributed by atoms with Gasteiger partial charge in [-0.2, -0.15) is 5.26 Å². The van der Waals surface area contributed by atoms with Crippen molar-refractivity contribution in [2.45, 2.75) is 32.1 Å². The molecule has 0 saturated heterocycles. The third kappa shape index (κ3) is 3.79. The molecule has 0 bridgehead atoms. The summed E-state index contributed by atoms with van der Waals surface area (Å²) in [5, 5.41) is 8.91. The molecule has 0 aliphatic heterocycles. The molecule has 1 aromatic rings. The van der Waals surface area contributed by atoms with Crippen LogP contribution in [0.25, 0.3) is 0 Å². The minimum atomic E-state index is -0.235. The Balaban J connectivity index is 2.56. The van der Waals surface area contributed by atoms with Gasteiger partial charge in [-0.3, -0.25) is 0 Å². The average molecular weight is 234 g/mol. The number of nitriles is 1.